The second-order valence-corrected chi connectivity index (χ2v) is 5.07. The first-order valence-corrected chi connectivity index (χ1v) is 7.70. The van der Waals surface area contributed by atoms with E-state index in [1.807, 2.05) is 18.2 Å². The van der Waals surface area contributed by atoms with E-state index in [4.69, 9.17) is 9.73 Å². The Bertz CT molecular complexity index is 479. The zero-order chi connectivity index (χ0) is 14.9. The summed E-state index contributed by atoms with van der Waals surface area (Å²) in [4.78, 5) is 7.09. The number of hydrogen-bond donors (Lipinski definition) is 1. The quantitative estimate of drug-likeness (QED) is 0.496. The third-order valence-corrected chi connectivity index (χ3v) is 3.47. The largest absolute Gasteiger partial charge is 0.489 e. The first kappa shape index (κ1) is 15.4. The lowest BCUT2D eigenvalue weighted by molar-refractivity contribution is 0.359. The summed E-state index contributed by atoms with van der Waals surface area (Å²) in [5.74, 6) is 1.90. The zero-order valence-corrected chi connectivity index (χ0v) is 12.8. The van der Waals surface area contributed by atoms with Crippen molar-refractivity contribution in [3.05, 3.63) is 42.5 Å². The molecule has 1 saturated heterocycles. The van der Waals surface area contributed by atoms with Gasteiger partial charge in [0.05, 0.1) is 6.54 Å². The predicted octanol–water partition coefficient (Wildman–Crippen LogP) is 2.81. The Hall–Kier alpha value is -1.97. The summed E-state index contributed by atoms with van der Waals surface area (Å²) in [6.07, 6.45) is 4.27. The lowest BCUT2D eigenvalue weighted by atomic mass is 10.2. The molecule has 114 valence electrons. The van der Waals surface area contributed by atoms with Crippen molar-refractivity contribution in [1.29, 1.82) is 0 Å². The van der Waals surface area contributed by atoms with E-state index < -0.39 is 0 Å². The van der Waals surface area contributed by atoms with E-state index in [0.717, 1.165) is 36.9 Å². The van der Waals surface area contributed by atoms with Crippen LogP contribution in [0.25, 0.3) is 0 Å². The fourth-order valence-electron chi connectivity index (χ4n) is 2.44. The highest BCUT2D eigenvalue weighted by Crippen LogP contribution is 2.19. The van der Waals surface area contributed by atoms with Crippen LogP contribution in [0.5, 0.6) is 5.75 Å². The van der Waals surface area contributed by atoms with Gasteiger partial charge in [0.15, 0.2) is 5.96 Å². The maximum atomic E-state index is 5.68. The van der Waals surface area contributed by atoms with Crippen LogP contribution in [-0.4, -0.2) is 37.1 Å². The number of aliphatic imine (C=N–C) groups is 1. The van der Waals surface area contributed by atoms with E-state index in [1.54, 1.807) is 6.08 Å². The van der Waals surface area contributed by atoms with E-state index in [-0.39, 0.29) is 0 Å². The van der Waals surface area contributed by atoms with Crippen molar-refractivity contribution in [3.8, 4) is 5.75 Å². The summed E-state index contributed by atoms with van der Waals surface area (Å²) in [6, 6.07) is 8.05. The molecular weight excluding hydrogens is 262 g/mol. The third-order valence-electron chi connectivity index (χ3n) is 3.47. The maximum absolute atomic E-state index is 5.68. The summed E-state index contributed by atoms with van der Waals surface area (Å²) in [5, 5.41) is 3.38. The highest BCUT2D eigenvalue weighted by molar-refractivity contribution is 5.80. The van der Waals surface area contributed by atoms with Crippen molar-refractivity contribution in [2.45, 2.75) is 26.3 Å². The lowest BCUT2D eigenvalue weighted by Gasteiger charge is -2.21. The number of ether oxygens (including phenoxy) is 1. The Labute approximate surface area is 127 Å². The van der Waals surface area contributed by atoms with Crippen molar-refractivity contribution in [1.82, 2.24) is 10.2 Å². The molecule has 0 atom stereocenters. The molecular formula is C17H25N3O. The molecule has 1 heterocycles. The van der Waals surface area contributed by atoms with E-state index in [0.29, 0.717) is 13.2 Å². The second kappa shape index (κ2) is 8.35. The number of guanidine groups is 1. The molecule has 1 aliphatic rings. The number of nitrogens with zero attached hydrogens (tertiary/aromatic N) is 2. The SMILES string of the molecule is C=CCOc1ccccc1CN=C(NCC)N1CCCC1. The normalized spacial score (nSPS) is 15.1. The first-order valence-electron chi connectivity index (χ1n) is 7.70. The zero-order valence-electron chi connectivity index (χ0n) is 12.8. The molecule has 0 spiro atoms. The molecule has 0 aliphatic carbocycles. The van der Waals surface area contributed by atoms with E-state index in [2.05, 4.69) is 29.8 Å². The van der Waals surface area contributed by atoms with E-state index in [1.165, 1.54) is 12.8 Å². The minimum atomic E-state index is 0.521. The highest BCUT2D eigenvalue weighted by Gasteiger charge is 2.15. The minimum absolute atomic E-state index is 0.521. The van der Waals surface area contributed by atoms with Crippen LogP contribution in [0.4, 0.5) is 0 Å². The molecule has 0 amide bonds. The van der Waals surface area contributed by atoms with Gasteiger partial charge in [0.25, 0.3) is 0 Å². The molecule has 0 radical (unpaired) electrons. The third kappa shape index (κ3) is 4.52. The number of para-hydroxylation sites is 1. The first-order chi connectivity index (χ1) is 10.3. The topological polar surface area (TPSA) is 36.9 Å². The summed E-state index contributed by atoms with van der Waals surface area (Å²) >= 11 is 0. The van der Waals surface area contributed by atoms with E-state index in [9.17, 15) is 0 Å². The molecule has 1 N–H and O–H groups in total. The molecule has 1 aliphatic heterocycles. The van der Waals surface area contributed by atoms with Gasteiger partial charge < -0.3 is 15.0 Å². The summed E-state index contributed by atoms with van der Waals surface area (Å²) in [5.41, 5.74) is 1.11. The molecule has 1 fully saturated rings. The molecule has 0 saturated carbocycles. The number of benzene rings is 1. The fraction of sp³-hybridized carbons (Fsp3) is 0.471. The van der Waals surface area contributed by atoms with Crippen molar-refractivity contribution >= 4 is 5.96 Å². The van der Waals surface area contributed by atoms with Crippen LogP contribution < -0.4 is 10.1 Å². The molecule has 0 aromatic heterocycles. The van der Waals surface area contributed by atoms with Gasteiger partial charge >= 0.3 is 0 Å². The van der Waals surface area contributed by atoms with Gasteiger partial charge in [-0.3, -0.25) is 0 Å². The van der Waals surface area contributed by atoms with Crippen LogP contribution in [0.15, 0.2) is 41.9 Å². The highest BCUT2D eigenvalue weighted by atomic mass is 16.5. The van der Waals surface area contributed by atoms with Crippen LogP contribution in [0.2, 0.25) is 0 Å². The Morgan fingerprint density at radius 1 is 1.38 bits per heavy atom. The van der Waals surface area contributed by atoms with Crippen molar-refractivity contribution in [3.63, 3.8) is 0 Å². The van der Waals surface area contributed by atoms with Crippen molar-refractivity contribution < 1.29 is 4.74 Å². The Balaban J connectivity index is 2.07. The molecule has 1 aromatic rings. The van der Waals surface area contributed by atoms with Crippen molar-refractivity contribution in [2.75, 3.05) is 26.2 Å². The van der Waals surface area contributed by atoms with Gasteiger partial charge in [-0.15, -0.1) is 0 Å². The lowest BCUT2D eigenvalue weighted by Crippen LogP contribution is -2.39. The maximum Gasteiger partial charge on any atom is 0.194 e. The van der Waals surface area contributed by atoms with E-state index >= 15 is 0 Å². The smallest absolute Gasteiger partial charge is 0.194 e. The molecule has 0 bridgehead atoms. The van der Waals surface area contributed by atoms with Crippen LogP contribution >= 0.6 is 0 Å². The Morgan fingerprint density at radius 3 is 2.86 bits per heavy atom. The molecule has 0 unspecified atom stereocenters. The Kier molecular flexibility index (Phi) is 6.13. The van der Waals surface area contributed by atoms with Gasteiger partial charge in [-0.1, -0.05) is 30.9 Å². The van der Waals surface area contributed by atoms with Crippen LogP contribution in [0, 0.1) is 0 Å². The number of rotatable bonds is 6. The summed E-state index contributed by atoms with van der Waals surface area (Å²) < 4.78 is 5.68. The molecule has 21 heavy (non-hydrogen) atoms. The van der Waals surface area contributed by atoms with Gasteiger partial charge in [-0.25, -0.2) is 4.99 Å². The predicted molar refractivity (Wildman–Crippen MR) is 87.8 cm³/mol. The van der Waals surface area contributed by atoms with Gasteiger partial charge in [-0.2, -0.15) is 0 Å². The molecule has 1 aromatic carbocycles. The average molecular weight is 287 g/mol. The summed E-state index contributed by atoms with van der Waals surface area (Å²) in [6.45, 7) is 10.0. The van der Waals surface area contributed by atoms with Crippen molar-refractivity contribution in [2.24, 2.45) is 4.99 Å². The molecule has 4 heteroatoms. The van der Waals surface area contributed by atoms with Gasteiger partial charge in [0.2, 0.25) is 0 Å². The summed E-state index contributed by atoms with van der Waals surface area (Å²) in [7, 11) is 0. The molecule has 4 nitrogen and oxygen atoms in total. The second-order valence-electron chi connectivity index (χ2n) is 5.07. The van der Waals surface area contributed by atoms with Gasteiger partial charge in [0.1, 0.15) is 12.4 Å². The van der Waals surface area contributed by atoms with Gasteiger partial charge in [-0.05, 0) is 25.8 Å². The van der Waals surface area contributed by atoms with Crippen LogP contribution in [0.3, 0.4) is 0 Å². The minimum Gasteiger partial charge on any atom is -0.489 e. The van der Waals surface area contributed by atoms with Gasteiger partial charge in [0, 0.05) is 25.2 Å². The average Bonchev–Trinajstić information content (AvgIpc) is 3.04. The molecule has 2 rings (SSSR count). The number of nitrogens with one attached hydrogen (secondary N) is 1. The Morgan fingerprint density at radius 2 is 2.14 bits per heavy atom. The fourth-order valence-corrected chi connectivity index (χ4v) is 2.44. The number of likely N-dealkylation sites (tertiary alicyclic amines) is 1. The number of hydrogen-bond acceptors (Lipinski definition) is 2. The van der Waals surface area contributed by atoms with Crippen LogP contribution in [-0.2, 0) is 6.54 Å². The van der Waals surface area contributed by atoms with Crippen LogP contribution in [0.1, 0.15) is 25.3 Å². The monoisotopic (exact) mass is 287 g/mol. The standard InChI is InChI=1S/C17H25N3O/c1-3-13-21-16-10-6-5-9-15(16)14-19-17(18-4-2)20-11-7-8-12-20/h3,5-6,9-10H,1,4,7-8,11-14H2,2H3,(H,18,19).